The van der Waals surface area contributed by atoms with E-state index in [1.54, 1.807) is 24.3 Å². The SMILES string of the molecule is COc1cccc(C(=O)NCC(=O)OCc2ccccc2C)c1. The molecule has 2 aromatic carbocycles. The van der Waals surface area contributed by atoms with E-state index in [4.69, 9.17) is 9.47 Å². The Morgan fingerprint density at radius 3 is 2.61 bits per heavy atom. The minimum Gasteiger partial charge on any atom is -0.497 e. The lowest BCUT2D eigenvalue weighted by atomic mass is 10.1. The maximum Gasteiger partial charge on any atom is 0.325 e. The maximum atomic E-state index is 12.0. The molecule has 0 aliphatic heterocycles. The molecule has 2 rings (SSSR count). The third-order valence-corrected chi connectivity index (χ3v) is 3.38. The van der Waals surface area contributed by atoms with Gasteiger partial charge in [-0.25, -0.2) is 0 Å². The van der Waals surface area contributed by atoms with Gasteiger partial charge < -0.3 is 14.8 Å². The van der Waals surface area contributed by atoms with Crippen LogP contribution in [0.4, 0.5) is 0 Å². The average Bonchev–Trinajstić information content (AvgIpc) is 2.59. The van der Waals surface area contributed by atoms with Crippen LogP contribution in [-0.4, -0.2) is 25.5 Å². The lowest BCUT2D eigenvalue weighted by molar-refractivity contribution is -0.143. The minimum atomic E-state index is -0.482. The number of carbonyl (C=O) groups is 2. The highest BCUT2D eigenvalue weighted by Gasteiger charge is 2.10. The van der Waals surface area contributed by atoms with E-state index in [-0.39, 0.29) is 19.1 Å². The summed E-state index contributed by atoms with van der Waals surface area (Å²) in [6.45, 7) is 1.97. The van der Waals surface area contributed by atoms with Crippen LogP contribution in [0.2, 0.25) is 0 Å². The fourth-order valence-corrected chi connectivity index (χ4v) is 2.00. The first-order chi connectivity index (χ1) is 11.1. The average molecular weight is 313 g/mol. The molecule has 0 heterocycles. The summed E-state index contributed by atoms with van der Waals surface area (Å²) in [5, 5.41) is 2.53. The highest BCUT2D eigenvalue weighted by molar-refractivity contribution is 5.96. The number of aryl methyl sites for hydroxylation is 1. The highest BCUT2D eigenvalue weighted by atomic mass is 16.5. The highest BCUT2D eigenvalue weighted by Crippen LogP contribution is 2.12. The molecule has 0 radical (unpaired) electrons. The second kappa shape index (κ2) is 7.98. The van der Waals surface area contributed by atoms with Crippen molar-refractivity contribution in [3.05, 3.63) is 65.2 Å². The summed E-state index contributed by atoms with van der Waals surface area (Å²) in [7, 11) is 1.53. The van der Waals surface area contributed by atoms with Gasteiger partial charge in [0.15, 0.2) is 0 Å². The molecule has 0 saturated carbocycles. The lowest BCUT2D eigenvalue weighted by Gasteiger charge is -2.09. The van der Waals surface area contributed by atoms with E-state index in [1.807, 2.05) is 31.2 Å². The molecule has 120 valence electrons. The number of rotatable bonds is 6. The molecule has 1 amide bonds. The Kier molecular flexibility index (Phi) is 5.74. The van der Waals surface area contributed by atoms with Crippen molar-refractivity contribution in [3.8, 4) is 5.75 Å². The zero-order chi connectivity index (χ0) is 16.7. The number of hydrogen-bond acceptors (Lipinski definition) is 4. The van der Waals surface area contributed by atoms with Crippen molar-refractivity contribution in [3.63, 3.8) is 0 Å². The van der Waals surface area contributed by atoms with Gasteiger partial charge in [0.1, 0.15) is 18.9 Å². The molecule has 2 aromatic rings. The second-order valence-electron chi connectivity index (χ2n) is 5.00. The summed E-state index contributed by atoms with van der Waals surface area (Å²) in [4.78, 5) is 23.7. The topological polar surface area (TPSA) is 64.6 Å². The first-order valence-electron chi connectivity index (χ1n) is 7.22. The fourth-order valence-electron chi connectivity index (χ4n) is 2.00. The van der Waals surface area contributed by atoms with Crippen molar-refractivity contribution in [2.45, 2.75) is 13.5 Å². The molecule has 0 aromatic heterocycles. The zero-order valence-corrected chi connectivity index (χ0v) is 13.2. The van der Waals surface area contributed by atoms with Crippen molar-refractivity contribution in [2.24, 2.45) is 0 Å². The third kappa shape index (κ3) is 4.85. The van der Waals surface area contributed by atoms with Crippen LogP contribution in [0.1, 0.15) is 21.5 Å². The predicted octanol–water partition coefficient (Wildman–Crippen LogP) is 2.48. The normalized spacial score (nSPS) is 10.0. The summed E-state index contributed by atoms with van der Waals surface area (Å²) < 4.78 is 10.2. The molecular weight excluding hydrogens is 294 g/mol. The Hall–Kier alpha value is -2.82. The largest absolute Gasteiger partial charge is 0.497 e. The molecule has 0 aliphatic rings. The van der Waals surface area contributed by atoms with Crippen LogP contribution in [0.15, 0.2) is 48.5 Å². The number of carbonyl (C=O) groups excluding carboxylic acids is 2. The van der Waals surface area contributed by atoms with Gasteiger partial charge >= 0.3 is 5.97 Å². The molecule has 23 heavy (non-hydrogen) atoms. The van der Waals surface area contributed by atoms with Gasteiger partial charge in [0.05, 0.1) is 7.11 Å². The van der Waals surface area contributed by atoms with E-state index < -0.39 is 5.97 Å². The van der Waals surface area contributed by atoms with Gasteiger partial charge in [-0.2, -0.15) is 0 Å². The van der Waals surface area contributed by atoms with E-state index in [9.17, 15) is 9.59 Å². The number of ether oxygens (including phenoxy) is 2. The van der Waals surface area contributed by atoms with Gasteiger partial charge in [-0.15, -0.1) is 0 Å². The number of nitrogens with one attached hydrogen (secondary N) is 1. The summed E-state index contributed by atoms with van der Waals surface area (Å²) in [5.74, 6) is -0.249. The summed E-state index contributed by atoms with van der Waals surface area (Å²) in [5.41, 5.74) is 2.43. The molecule has 0 bridgehead atoms. The second-order valence-corrected chi connectivity index (χ2v) is 5.00. The molecule has 5 nitrogen and oxygen atoms in total. The standard InChI is InChI=1S/C18H19NO4/c1-13-6-3-4-7-15(13)12-23-17(20)11-19-18(21)14-8-5-9-16(10-14)22-2/h3-10H,11-12H2,1-2H3,(H,19,21). The molecule has 0 aliphatic carbocycles. The van der Waals surface area contributed by atoms with Crippen molar-refractivity contribution >= 4 is 11.9 Å². The van der Waals surface area contributed by atoms with E-state index in [2.05, 4.69) is 5.32 Å². The van der Waals surface area contributed by atoms with Crippen LogP contribution < -0.4 is 10.1 Å². The van der Waals surface area contributed by atoms with Crippen LogP contribution in [-0.2, 0) is 16.1 Å². The van der Waals surface area contributed by atoms with E-state index in [1.165, 1.54) is 7.11 Å². The number of hydrogen-bond donors (Lipinski definition) is 1. The molecule has 0 unspecified atom stereocenters. The van der Waals surface area contributed by atoms with Crippen LogP contribution >= 0.6 is 0 Å². The smallest absolute Gasteiger partial charge is 0.325 e. The van der Waals surface area contributed by atoms with E-state index >= 15 is 0 Å². The Labute approximate surface area is 135 Å². The van der Waals surface area contributed by atoms with Crippen LogP contribution in [0, 0.1) is 6.92 Å². The molecule has 1 N–H and O–H groups in total. The molecule has 0 spiro atoms. The molecule has 0 fully saturated rings. The van der Waals surface area contributed by atoms with Gasteiger partial charge in [0, 0.05) is 5.56 Å². The molecule has 0 atom stereocenters. The van der Waals surface area contributed by atoms with E-state index in [0.717, 1.165) is 11.1 Å². The predicted molar refractivity (Wildman–Crippen MR) is 86.3 cm³/mol. The number of benzene rings is 2. The van der Waals surface area contributed by atoms with Crippen molar-refractivity contribution in [2.75, 3.05) is 13.7 Å². The fraction of sp³-hybridized carbons (Fsp3) is 0.222. The Morgan fingerprint density at radius 1 is 1.09 bits per heavy atom. The maximum absolute atomic E-state index is 12.0. The van der Waals surface area contributed by atoms with Gasteiger partial charge in [0.25, 0.3) is 5.91 Å². The number of methoxy groups -OCH3 is 1. The molecular formula is C18H19NO4. The van der Waals surface area contributed by atoms with Crippen LogP contribution in [0.25, 0.3) is 0 Å². The molecule has 5 heteroatoms. The van der Waals surface area contributed by atoms with Gasteiger partial charge in [-0.1, -0.05) is 30.3 Å². The Balaban J connectivity index is 1.82. The monoisotopic (exact) mass is 313 g/mol. The summed E-state index contributed by atoms with van der Waals surface area (Å²) >= 11 is 0. The van der Waals surface area contributed by atoms with Crippen molar-refractivity contribution in [1.29, 1.82) is 0 Å². The quantitative estimate of drug-likeness (QED) is 0.832. The van der Waals surface area contributed by atoms with Crippen molar-refractivity contribution in [1.82, 2.24) is 5.32 Å². The number of esters is 1. The minimum absolute atomic E-state index is 0.179. The van der Waals surface area contributed by atoms with E-state index in [0.29, 0.717) is 11.3 Å². The third-order valence-electron chi connectivity index (χ3n) is 3.38. The lowest BCUT2D eigenvalue weighted by Crippen LogP contribution is -2.30. The summed E-state index contributed by atoms with van der Waals surface area (Å²) in [6.07, 6.45) is 0. The Bertz CT molecular complexity index is 697. The van der Waals surface area contributed by atoms with Gasteiger partial charge in [0.2, 0.25) is 0 Å². The first kappa shape index (κ1) is 16.5. The first-order valence-corrected chi connectivity index (χ1v) is 7.22. The van der Waals surface area contributed by atoms with Gasteiger partial charge in [-0.3, -0.25) is 9.59 Å². The van der Waals surface area contributed by atoms with Crippen LogP contribution in [0.3, 0.4) is 0 Å². The zero-order valence-electron chi connectivity index (χ0n) is 13.2. The van der Waals surface area contributed by atoms with Gasteiger partial charge in [-0.05, 0) is 36.2 Å². The molecule has 0 saturated heterocycles. The summed E-state index contributed by atoms with van der Waals surface area (Å²) in [6, 6.07) is 14.4. The van der Waals surface area contributed by atoms with Crippen molar-refractivity contribution < 1.29 is 19.1 Å². The number of amides is 1. The Morgan fingerprint density at radius 2 is 1.87 bits per heavy atom. The van der Waals surface area contributed by atoms with Crippen LogP contribution in [0.5, 0.6) is 5.75 Å².